The molecule has 0 fully saturated rings. The molecule has 0 spiro atoms. The molecule has 3 aromatic carbocycles. The zero-order valence-corrected chi connectivity index (χ0v) is 20.6. The quantitative estimate of drug-likeness (QED) is 0.265. The summed E-state index contributed by atoms with van der Waals surface area (Å²) in [4.78, 5) is 56.9. The first kappa shape index (κ1) is 23.7. The number of anilines is 1. The third-order valence-electron chi connectivity index (χ3n) is 6.37. The molecule has 1 unspecified atom stereocenters. The standard InChI is InChI=1S/C28H23N3O4S/c1-3-16(2)31-27(35)19-11-6-7-13-21(19)30-28(31)36-15-23(32)29-22-14-8-12-20-24(22)26(34)18-10-5-4-9-17(18)25(20)33/h4-14,16H,3,15H2,1-2H3,(H,29,32). The van der Waals surface area contributed by atoms with Crippen molar-refractivity contribution in [3.63, 3.8) is 0 Å². The Balaban J connectivity index is 1.42. The molecule has 1 aromatic heterocycles. The third-order valence-corrected chi connectivity index (χ3v) is 7.32. The second kappa shape index (κ2) is 9.54. The monoisotopic (exact) mass is 497 g/mol. The number of ketones is 2. The molecule has 4 aromatic rings. The molecule has 180 valence electrons. The summed E-state index contributed by atoms with van der Waals surface area (Å²) < 4.78 is 1.63. The van der Waals surface area contributed by atoms with E-state index in [1.807, 2.05) is 19.9 Å². The van der Waals surface area contributed by atoms with Gasteiger partial charge >= 0.3 is 0 Å². The predicted octanol–water partition coefficient (Wildman–Crippen LogP) is 4.87. The smallest absolute Gasteiger partial charge is 0.262 e. The van der Waals surface area contributed by atoms with Crippen molar-refractivity contribution in [1.29, 1.82) is 0 Å². The number of fused-ring (bicyclic) bond motifs is 3. The highest BCUT2D eigenvalue weighted by Gasteiger charge is 2.31. The lowest BCUT2D eigenvalue weighted by Gasteiger charge is -2.20. The number of benzene rings is 3. The van der Waals surface area contributed by atoms with Crippen molar-refractivity contribution in [3.8, 4) is 0 Å². The largest absolute Gasteiger partial charge is 0.325 e. The first-order valence-electron chi connectivity index (χ1n) is 11.7. The van der Waals surface area contributed by atoms with Gasteiger partial charge in [0.15, 0.2) is 16.7 Å². The Bertz CT molecular complexity index is 1610. The van der Waals surface area contributed by atoms with E-state index in [0.29, 0.717) is 27.2 Å². The van der Waals surface area contributed by atoms with Crippen LogP contribution in [0.5, 0.6) is 0 Å². The van der Waals surface area contributed by atoms with Crippen molar-refractivity contribution < 1.29 is 14.4 Å². The Morgan fingerprint density at radius 1 is 0.917 bits per heavy atom. The summed E-state index contributed by atoms with van der Waals surface area (Å²) in [5.41, 5.74) is 1.87. The summed E-state index contributed by atoms with van der Waals surface area (Å²) in [6.45, 7) is 3.93. The number of amides is 1. The number of nitrogens with one attached hydrogen (secondary N) is 1. The van der Waals surface area contributed by atoms with Crippen LogP contribution in [0.2, 0.25) is 0 Å². The van der Waals surface area contributed by atoms with Gasteiger partial charge in [0.25, 0.3) is 5.56 Å². The van der Waals surface area contributed by atoms with Gasteiger partial charge in [-0.2, -0.15) is 0 Å². The molecule has 36 heavy (non-hydrogen) atoms. The maximum Gasteiger partial charge on any atom is 0.262 e. The van der Waals surface area contributed by atoms with Crippen LogP contribution >= 0.6 is 11.8 Å². The minimum Gasteiger partial charge on any atom is -0.325 e. The van der Waals surface area contributed by atoms with Crippen LogP contribution in [0.3, 0.4) is 0 Å². The highest BCUT2D eigenvalue weighted by Crippen LogP contribution is 2.32. The fourth-order valence-electron chi connectivity index (χ4n) is 4.36. The molecule has 1 aliphatic carbocycles. The van der Waals surface area contributed by atoms with E-state index in [-0.39, 0.29) is 51.6 Å². The van der Waals surface area contributed by atoms with Crippen molar-refractivity contribution in [2.75, 3.05) is 11.1 Å². The Labute approximate surface area is 211 Å². The van der Waals surface area contributed by atoms with Crippen LogP contribution in [0.25, 0.3) is 10.9 Å². The summed E-state index contributed by atoms with van der Waals surface area (Å²) in [5, 5.41) is 3.78. The van der Waals surface area contributed by atoms with Crippen LogP contribution in [0.15, 0.2) is 76.7 Å². The molecule has 0 saturated heterocycles. The molecule has 7 nitrogen and oxygen atoms in total. The number of hydrogen-bond acceptors (Lipinski definition) is 6. The predicted molar refractivity (Wildman–Crippen MR) is 140 cm³/mol. The zero-order chi connectivity index (χ0) is 25.4. The Kier molecular flexibility index (Phi) is 6.28. The van der Waals surface area contributed by atoms with E-state index < -0.39 is 0 Å². The van der Waals surface area contributed by atoms with E-state index in [1.54, 1.807) is 65.2 Å². The molecule has 5 rings (SSSR count). The molecular weight excluding hydrogens is 474 g/mol. The van der Waals surface area contributed by atoms with Crippen LogP contribution in [0.1, 0.15) is 58.2 Å². The molecule has 1 aliphatic rings. The van der Waals surface area contributed by atoms with E-state index in [1.165, 1.54) is 0 Å². The second-order valence-electron chi connectivity index (χ2n) is 8.61. The fourth-order valence-corrected chi connectivity index (χ4v) is 5.26. The van der Waals surface area contributed by atoms with Gasteiger partial charge in [-0.05, 0) is 31.5 Å². The molecule has 0 bridgehead atoms. The number of nitrogens with zero attached hydrogens (tertiary/aromatic N) is 2. The summed E-state index contributed by atoms with van der Waals surface area (Å²) in [7, 11) is 0. The summed E-state index contributed by atoms with van der Waals surface area (Å²) in [5.74, 6) is -0.941. The first-order chi connectivity index (χ1) is 17.4. The highest BCUT2D eigenvalue weighted by atomic mass is 32.2. The van der Waals surface area contributed by atoms with Crippen molar-refractivity contribution in [2.24, 2.45) is 0 Å². The maximum atomic E-state index is 13.2. The highest BCUT2D eigenvalue weighted by molar-refractivity contribution is 7.99. The van der Waals surface area contributed by atoms with Crippen LogP contribution in [0, 0.1) is 0 Å². The van der Waals surface area contributed by atoms with Crippen LogP contribution < -0.4 is 10.9 Å². The first-order valence-corrected chi connectivity index (χ1v) is 12.6. The molecule has 0 saturated carbocycles. The zero-order valence-electron chi connectivity index (χ0n) is 19.8. The Morgan fingerprint density at radius 2 is 1.58 bits per heavy atom. The number of carbonyl (C=O) groups excluding carboxylic acids is 3. The van der Waals surface area contributed by atoms with Gasteiger partial charge in [-0.15, -0.1) is 0 Å². The van der Waals surface area contributed by atoms with Gasteiger partial charge in [0.1, 0.15) is 0 Å². The lowest BCUT2D eigenvalue weighted by molar-refractivity contribution is -0.113. The number of para-hydroxylation sites is 1. The Hall–Kier alpha value is -4.04. The third kappa shape index (κ3) is 4.03. The molecule has 1 N–H and O–H groups in total. The van der Waals surface area contributed by atoms with Crippen molar-refractivity contribution in [1.82, 2.24) is 9.55 Å². The van der Waals surface area contributed by atoms with Gasteiger partial charge in [0.2, 0.25) is 5.91 Å². The second-order valence-corrected chi connectivity index (χ2v) is 9.56. The minimum atomic E-state index is -0.370. The van der Waals surface area contributed by atoms with E-state index >= 15 is 0 Å². The van der Waals surface area contributed by atoms with Crippen LogP contribution in [-0.4, -0.2) is 32.8 Å². The van der Waals surface area contributed by atoms with Gasteiger partial charge in [0, 0.05) is 22.7 Å². The van der Waals surface area contributed by atoms with E-state index in [4.69, 9.17) is 0 Å². The van der Waals surface area contributed by atoms with Crippen molar-refractivity contribution >= 4 is 45.8 Å². The summed E-state index contributed by atoms with van der Waals surface area (Å²) in [6, 6.07) is 18.6. The van der Waals surface area contributed by atoms with Gasteiger partial charge in [-0.3, -0.25) is 23.7 Å². The molecule has 1 amide bonds. The maximum absolute atomic E-state index is 13.2. The van der Waals surface area contributed by atoms with E-state index in [2.05, 4.69) is 10.3 Å². The SMILES string of the molecule is CCC(C)n1c(SCC(=O)Nc2cccc3c2C(=O)c2ccccc2C3=O)nc2ccccc2c1=O. The van der Waals surface area contributed by atoms with Crippen LogP contribution in [-0.2, 0) is 4.79 Å². The Morgan fingerprint density at radius 3 is 2.33 bits per heavy atom. The molecule has 1 atom stereocenters. The van der Waals surface area contributed by atoms with Gasteiger partial charge in [-0.1, -0.05) is 67.2 Å². The average Bonchev–Trinajstić information content (AvgIpc) is 2.90. The van der Waals surface area contributed by atoms with Gasteiger partial charge in [0.05, 0.1) is 27.9 Å². The molecule has 0 radical (unpaired) electrons. The molecule has 1 heterocycles. The number of hydrogen-bond donors (Lipinski definition) is 1. The number of carbonyl (C=O) groups is 3. The fraction of sp³-hybridized carbons (Fsp3) is 0.179. The normalized spacial score (nSPS) is 13.3. The minimum absolute atomic E-state index is 0.0242. The average molecular weight is 498 g/mol. The van der Waals surface area contributed by atoms with Crippen molar-refractivity contribution in [3.05, 3.63) is 99.3 Å². The molecule has 8 heteroatoms. The number of aromatic nitrogens is 2. The lowest BCUT2D eigenvalue weighted by Crippen LogP contribution is -2.27. The number of thioether (sulfide) groups is 1. The van der Waals surface area contributed by atoms with Gasteiger partial charge in [-0.25, -0.2) is 4.98 Å². The van der Waals surface area contributed by atoms with E-state index in [0.717, 1.165) is 18.2 Å². The van der Waals surface area contributed by atoms with Gasteiger partial charge < -0.3 is 5.32 Å². The van der Waals surface area contributed by atoms with E-state index in [9.17, 15) is 19.2 Å². The number of rotatable bonds is 6. The molecule has 0 aliphatic heterocycles. The summed E-state index contributed by atoms with van der Waals surface area (Å²) >= 11 is 1.16. The van der Waals surface area contributed by atoms with Crippen LogP contribution in [0.4, 0.5) is 5.69 Å². The topological polar surface area (TPSA) is 98.1 Å². The summed E-state index contributed by atoms with van der Waals surface area (Å²) in [6.07, 6.45) is 0.730. The van der Waals surface area contributed by atoms with Crippen molar-refractivity contribution in [2.45, 2.75) is 31.5 Å². The molecular formula is C28H23N3O4S. The lowest BCUT2D eigenvalue weighted by atomic mass is 9.83.